The number of halogens is 1. The summed E-state index contributed by atoms with van der Waals surface area (Å²) in [6, 6.07) is 7.92. The lowest BCUT2D eigenvalue weighted by Crippen LogP contribution is -2.00. The van der Waals surface area contributed by atoms with E-state index in [1.807, 2.05) is 42.8 Å². The molecule has 3 rings (SSSR count). The zero-order valence-electron chi connectivity index (χ0n) is 11.2. The van der Waals surface area contributed by atoms with Gasteiger partial charge in [-0.1, -0.05) is 18.2 Å². The molecule has 1 N–H and O–H groups in total. The van der Waals surface area contributed by atoms with E-state index in [-0.39, 0.29) is 0 Å². The Kier molecular flexibility index (Phi) is 4.12. The average Bonchev–Trinajstić information content (AvgIpc) is 3.08. The quantitative estimate of drug-likeness (QED) is 0.567. The van der Waals surface area contributed by atoms with Crippen molar-refractivity contribution in [2.75, 3.05) is 5.43 Å². The normalized spacial score (nSPS) is 11.1. The van der Waals surface area contributed by atoms with Crippen LogP contribution in [0, 0.1) is 6.92 Å². The van der Waals surface area contributed by atoms with E-state index in [2.05, 4.69) is 36.5 Å². The number of benzene rings is 1. The van der Waals surface area contributed by atoms with Crippen LogP contribution in [-0.4, -0.2) is 21.0 Å². The minimum Gasteiger partial charge on any atom is -0.253 e. The van der Waals surface area contributed by atoms with Crippen LogP contribution >= 0.6 is 27.3 Å². The van der Waals surface area contributed by atoms with Gasteiger partial charge in [0.1, 0.15) is 0 Å². The van der Waals surface area contributed by atoms with Crippen molar-refractivity contribution in [2.45, 2.75) is 6.92 Å². The molecule has 0 amide bonds. The van der Waals surface area contributed by atoms with Gasteiger partial charge in [0.2, 0.25) is 5.13 Å². The number of hydrazone groups is 1. The molecule has 106 valence electrons. The summed E-state index contributed by atoms with van der Waals surface area (Å²) in [5.41, 5.74) is 5.85. The third-order valence-corrected chi connectivity index (χ3v) is 3.99. The molecule has 0 aliphatic heterocycles. The number of nitrogens with one attached hydrogen (secondary N) is 1. The Morgan fingerprint density at radius 2 is 2.24 bits per heavy atom. The van der Waals surface area contributed by atoms with Crippen LogP contribution in [0.2, 0.25) is 0 Å². The van der Waals surface area contributed by atoms with Crippen LogP contribution in [0.5, 0.6) is 0 Å². The molecule has 0 aliphatic carbocycles. The van der Waals surface area contributed by atoms with E-state index in [0.29, 0.717) is 0 Å². The van der Waals surface area contributed by atoms with Crippen molar-refractivity contribution in [1.29, 1.82) is 0 Å². The molecule has 0 saturated heterocycles. The number of aromatic nitrogens is 3. The van der Waals surface area contributed by atoms with Crippen LogP contribution in [0.1, 0.15) is 11.3 Å². The first-order chi connectivity index (χ1) is 10.2. The van der Waals surface area contributed by atoms with E-state index in [4.69, 9.17) is 0 Å². The first kappa shape index (κ1) is 14.0. The molecule has 0 unspecified atom stereocenters. The van der Waals surface area contributed by atoms with Gasteiger partial charge in [0.15, 0.2) is 0 Å². The predicted molar refractivity (Wildman–Crippen MR) is 89.3 cm³/mol. The lowest BCUT2D eigenvalue weighted by atomic mass is 10.2. The Hall–Kier alpha value is -1.99. The number of nitrogens with zero attached hydrogens (tertiary/aromatic N) is 4. The standard InChI is InChI=1S/C14H12BrN5S/c1-10-9-21-14(18-10)19-16-6-11-4-2-3-5-13(11)20-8-12(15)7-17-20/h2-9H,1H3,(H,18,19). The van der Waals surface area contributed by atoms with Gasteiger partial charge >= 0.3 is 0 Å². The molecule has 0 radical (unpaired) electrons. The van der Waals surface area contributed by atoms with Gasteiger partial charge < -0.3 is 0 Å². The van der Waals surface area contributed by atoms with Crippen molar-refractivity contribution in [1.82, 2.24) is 14.8 Å². The van der Waals surface area contributed by atoms with E-state index in [0.717, 1.165) is 26.5 Å². The topological polar surface area (TPSA) is 55.1 Å². The highest BCUT2D eigenvalue weighted by molar-refractivity contribution is 9.10. The monoisotopic (exact) mass is 361 g/mol. The van der Waals surface area contributed by atoms with Crippen LogP contribution in [0.4, 0.5) is 5.13 Å². The number of anilines is 1. The summed E-state index contributed by atoms with van der Waals surface area (Å²) in [4.78, 5) is 4.30. The summed E-state index contributed by atoms with van der Waals surface area (Å²) in [5.74, 6) is 0. The molecular weight excluding hydrogens is 350 g/mol. The second-order valence-corrected chi connectivity index (χ2v) is 6.10. The second-order valence-electron chi connectivity index (χ2n) is 4.33. The zero-order chi connectivity index (χ0) is 14.7. The van der Waals surface area contributed by atoms with Crippen LogP contribution < -0.4 is 5.43 Å². The molecule has 2 heterocycles. The van der Waals surface area contributed by atoms with Crippen molar-refractivity contribution in [3.8, 4) is 5.69 Å². The fourth-order valence-electron chi connectivity index (χ4n) is 1.80. The highest BCUT2D eigenvalue weighted by Crippen LogP contribution is 2.16. The smallest absolute Gasteiger partial charge is 0.203 e. The molecule has 21 heavy (non-hydrogen) atoms. The van der Waals surface area contributed by atoms with Crippen molar-refractivity contribution in [2.24, 2.45) is 5.10 Å². The fraction of sp³-hybridized carbons (Fsp3) is 0.0714. The maximum Gasteiger partial charge on any atom is 0.203 e. The van der Waals surface area contributed by atoms with Crippen molar-refractivity contribution >= 4 is 38.6 Å². The molecule has 2 aromatic heterocycles. The summed E-state index contributed by atoms with van der Waals surface area (Å²) in [6.07, 6.45) is 5.43. The average molecular weight is 362 g/mol. The molecule has 0 spiro atoms. The fourth-order valence-corrected chi connectivity index (χ4v) is 2.72. The summed E-state index contributed by atoms with van der Waals surface area (Å²) < 4.78 is 2.74. The van der Waals surface area contributed by atoms with E-state index in [9.17, 15) is 0 Å². The van der Waals surface area contributed by atoms with Gasteiger partial charge in [-0.3, -0.25) is 5.43 Å². The molecular formula is C14H12BrN5S. The molecule has 0 aliphatic rings. The Morgan fingerprint density at radius 1 is 1.38 bits per heavy atom. The maximum absolute atomic E-state index is 4.30. The first-order valence-corrected chi connectivity index (χ1v) is 7.90. The number of hydrogen-bond acceptors (Lipinski definition) is 5. The van der Waals surface area contributed by atoms with E-state index >= 15 is 0 Å². The first-order valence-electron chi connectivity index (χ1n) is 6.23. The Labute approximate surface area is 134 Å². The summed E-state index contributed by atoms with van der Waals surface area (Å²) >= 11 is 4.93. The molecule has 0 saturated carbocycles. The number of hydrogen-bond donors (Lipinski definition) is 1. The number of rotatable bonds is 4. The van der Waals surface area contributed by atoms with Crippen molar-refractivity contribution in [3.63, 3.8) is 0 Å². The molecule has 0 bridgehead atoms. The predicted octanol–water partition coefficient (Wildman–Crippen LogP) is 3.85. The van der Waals surface area contributed by atoms with Crippen LogP contribution in [0.25, 0.3) is 5.69 Å². The van der Waals surface area contributed by atoms with Crippen molar-refractivity contribution < 1.29 is 0 Å². The number of thiazole rings is 1. The van der Waals surface area contributed by atoms with Crippen LogP contribution in [0.15, 0.2) is 51.6 Å². The Balaban J connectivity index is 1.82. The van der Waals surface area contributed by atoms with Gasteiger partial charge in [0, 0.05) is 17.1 Å². The molecule has 0 atom stereocenters. The number of para-hydroxylation sites is 1. The minimum absolute atomic E-state index is 0.781. The largest absolute Gasteiger partial charge is 0.253 e. The summed E-state index contributed by atoms with van der Waals surface area (Å²) in [5, 5.41) is 11.3. The summed E-state index contributed by atoms with van der Waals surface area (Å²) in [6.45, 7) is 1.95. The van der Waals surface area contributed by atoms with E-state index in [1.54, 1.807) is 17.1 Å². The molecule has 3 aromatic rings. The molecule has 7 heteroatoms. The van der Waals surface area contributed by atoms with Gasteiger partial charge in [-0.15, -0.1) is 11.3 Å². The van der Waals surface area contributed by atoms with Crippen LogP contribution in [-0.2, 0) is 0 Å². The van der Waals surface area contributed by atoms with E-state index in [1.165, 1.54) is 11.3 Å². The van der Waals surface area contributed by atoms with Crippen molar-refractivity contribution in [3.05, 3.63) is 57.8 Å². The maximum atomic E-state index is 4.30. The highest BCUT2D eigenvalue weighted by Gasteiger charge is 2.03. The summed E-state index contributed by atoms with van der Waals surface area (Å²) in [7, 11) is 0. The van der Waals surface area contributed by atoms with Gasteiger partial charge in [-0.2, -0.15) is 10.2 Å². The van der Waals surface area contributed by atoms with Gasteiger partial charge in [-0.25, -0.2) is 9.67 Å². The molecule has 1 aromatic carbocycles. The van der Waals surface area contributed by atoms with Gasteiger partial charge in [0.05, 0.1) is 28.3 Å². The second kappa shape index (κ2) is 6.19. The van der Waals surface area contributed by atoms with Gasteiger partial charge in [-0.05, 0) is 28.9 Å². The molecule has 0 fully saturated rings. The third kappa shape index (κ3) is 3.37. The molecule has 5 nitrogen and oxygen atoms in total. The van der Waals surface area contributed by atoms with Crippen LogP contribution in [0.3, 0.4) is 0 Å². The minimum atomic E-state index is 0.781. The lowest BCUT2D eigenvalue weighted by molar-refractivity contribution is 0.879. The highest BCUT2D eigenvalue weighted by atomic mass is 79.9. The Morgan fingerprint density at radius 3 is 2.95 bits per heavy atom. The third-order valence-electron chi connectivity index (χ3n) is 2.72. The van der Waals surface area contributed by atoms with Gasteiger partial charge in [0.25, 0.3) is 0 Å². The lowest BCUT2D eigenvalue weighted by Gasteiger charge is -2.05. The van der Waals surface area contributed by atoms with E-state index < -0.39 is 0 Å². The SMILES string of the molecule is Cc1csc(NN=Cc2ccccc2-n2cc(Br)cn2)n1. The number of aryl methyl sites for hydroxylation is 1. The Bertz CT molecular complexity index is 777. The zero-order valence-corrected chi connectivity index (χ0v) is 13.6.